The second-order valence-corrected chi connectivity index (χ2v) is 5.15. The molecule has 0 bridgehead atoms. The van der Waals surface area contributed by atoms with Crippen molar-refractivity contribution in [1.29, 1.82) is 0 Å². The van der Waals surface area contributed by atoms with E-state index in [1.165, 1.54) is 0 Å². The number of aromatic nitrogens is 4. The van der Waals surface area contributed by atoms with E-state index in [2.05, 4.69) is 25.1 Å². The van der Waals surface area contributed by atoms with E-state index in [0.29, 0.717) is 29.5 Å². The summed E-state index contributed by atoms with van der Waals surface area (Å²) in [7, 11) is 0. The van der Waals surface area contributed by atoms with Gasteiger partial charge in [0.05, 0.1) is 0 Å². The number of pyridine rings is 1. The van der Waals surface area contributed by atoms with Gasteiger partial charge >= 0.3 is 0 Å². The molecule has 0 aliphatic heterocycles. The van der Waals surface area contributed by atoms with Gasteiger partial charge in [-0.05, 0) is 37.2 Å². The highest BCUT2D eigenvalue weighted by Crippen LogP contribution is 2.35. The number of hydrogen-bond acceptors (Lipinski definition) is 4. The number of hydrogen-bond donors (Lipinski definition) is 2. The normalized spacial score (nSPS) is 14.2. The van der Waals surface area contributed by atoms with Crippen LogP contribution >= 0.6 is 12.2 Å². The van der Waals surface area contributed by atoms with Gasteiger partial charge in [0, 0.05) is 25.2 Å². The summed E-state index contributed by atoms with van der Waals surface area (Å²) in [6.07, 6.45) is 4.57. The molecule has 2 N–H and O–H groups in total. The molecule has 1 aliphatic carbocycles. The van der Waals surface area contributed by atoms with Crippen molar-refractivity contribution in [2.45, 2.75) is 25.3 Å². The topological polar surface area (TPSA) is 75.6 Å². The highest BCUT2D eigenvalue weighted by Gasteiger charge is 2.26. The predicted molar refractivity (Wildman–Crippen MR) is 76.0 cm³/mol. The number of rotatable bonds is 5. The van der Waals surface area contributed by atoms with Gasteiger partial charge in [0.25, 0.3) is 5.91 Å². The lowest BCUT2D eigenvalue weighted by atomic mass is 10.3. The van der Waals surface area contributed by atoms with E-state index in [1.54, 1.807) is 24.4 Å². The summed E-state index contributed by atoms with van der Waals surface area (Å²) in [4.78, 5) is 15.9. The second-order valence-electron chi connectivity index (χ2n) is 4.77. The molecule has 104 valence electrons. The summed E-state index contributed by atoms with van der Waals surface area (Å²) in [5, 5.41) is 9.89. The lowest BCUT2D eigenvalue weighted by molar-refractivity contribution is 0.0949. The molecule has 0 saturated heterocycles. The van der Waals surface area contributed by atoms with Crippen LogP contribution in [-0.4, -0.2) is 32.2 Å². The molecule has 1 amide bonds. The number of H-pyrrole nitrogens is 1. The average molecular weight is 289 g/mol. The lowest BCUT2D eigenvalue weighted by Gasteiger charge is -2.06. The second kappa shape index (κ2) is 5.54. The van der Waals surface area contributed by atoms with Crippen molar-refractivity contribution in [1.82, 2.24) is 25.1 Å². The standard InChI is InChI=1S/C13H15N5OS/c19-12(10-3-1-2-7-14-10)15-8-6-11-16-17-13(20)18(11)9-4-5-9/h1-3,7,9H,4-6,8H2,(H,15,19)(H,17,20). The van der Waals surface area contributed by atoms with Crippen molar-refractivity contribution in [2.75, 3.05) is 6.54 Å². The Hall–Kier alpha value is -2.02. The molecule has 2 aromatic rings. The minimum Gasteiger partial charge on any atom is -0.350 e. The van der Waals surface area contributed by atoms with Crippen LogP contribution in [0.4, 0.5) is 0 Å². The van der Waals surface area contributed by atoms with Crippen molar-refractivity contribution in [2.24, 2.45) is 0 Å². The first kappa shape index (κ1) is 13.0. The monoisotopic (exact) mass is 289 g/mol. The molecular formula is C13H15N5OS. The number of carbonyl (C=O) groups is 1. The lowest BCUT2D eigenvalue weighted by Crippen LogP contribution is -2.27. The smallest absolute Gasteiger partial charge is 0.269 e. The van der Waals surface area contributed by atoms with Crippen LogP contribution in [0.1, 0.15) is 35.2 Å². The zero-order valence-electron chi connectivity index (χ0n) is 10.9. The molecule has 0 spiro atoms. The Morgan fingerprint density at radius 1 is 1.50 bits per heavy atom. The summed E-state index contributed by atoms with van der Waals surface area (Å²) in [6.45, 7) is 0.516. The molecule has 2 aromatic heterocycles. The average Bonchev–Trinajstić information content (AvgIpc) is 3.24. The Bertz CT molecular complexity index is 659. The van der Waals surface area contributed by atoms with Crippen LogP contribution in [0.15, 0.2) is 24.4 Å². The maximum absolute atomic E-state index is 11.8. The molecule has 1 saturated carbocycles. The van der Waals surface area contributed by atoms with Crippen LogP contribution in [0.3, 0.4) is 0 Å². The van der Waals surface area contributed by atoms with E-state index in [9.17, 15) is 4.79 Å². The van der Waals surface area contributed by atoms with Crippen LogP contribution < -0.4 is 5.32 Å². The third kappa shape index (κ3) is 2.77. The first-order valence-electron chi connectivity index (χ1n) is 6.60. The minimum atomic E-state index is -0.169. The van der Waals surface area contributed by atoms with Crippen molar-refractivity contribution in [3.63, 3.8) is 0 Å². The number of aromatic amines is 1. The Morgan fingerprint density at radius 2 is 2.35 bits per heavy atom. The molecule has 7 heteroatoms. The first-order chi connectivity index (χ1) is 9.75. The molecule has 0 atom stereocenters. The van der Waals surface area contributed by atoms with Crippen LogP contribution in [-0.2, 0) is 6.42 Å². The van der Waals surface area contributed by atoms with Gasteiger partial charge in [-0.2, -0.15) is 5.10 Å². The van der Waals surface area contributed by atoms with E-state index in [4.69, 9.17) is 12.2 Å². The van der Waals surface area contributed by atoms with E-state index in [0.717, 1.165) is 18.7 Å². The highest BCUT2D eigenvalue weighted by atomic mass is 32.1. The van der Waals surface area contributed by atoms with Gasteiger partial charge in [-0.15, -0.1) is 0 Å². The van der Waals surface area contributed by atoms with Gasteiger partial charge < -0.3 is 9.88 Å². The Labute approximate surface area is 121 Å². The van der Waals surface area contributed by atoms with Crippen LogP contribution in [0.25, 0.3) is 0 Å². The van der Waals surface area contributed by atoms with E-state index >= 15 is 0 Å². The third-order valence-corrected chi connectivity index (χ3v) is 3.51. The fourth-order valence-corrected chi connectivity index (χ4v) is 2.40. The fourth-order valence-electron chi connectivity index (χ4n) is 2.10. The van der Waals surface area contributed by atoms with Crippen molar-refractivity contribution in [3.05, 3.63) is 40.7 Å². The van der Waals surface area contributed by atoms with Crippen molar-refractivity contribution < 1.29 is 4.79 Å². The minimum absolute atomic E-state index is 0.169. The van der Waals surface area contributed by atoms with Crippen LogP contribution in [0, 0.1) is 4.77 Å². The molecular weight excluding hydrogens is 274 g/mol. The van der Waals surface area contributed by atoms with Gasteiger partial charge in [-0.25, -0.2) is 0 Å². The summed E-state index contributed by atoms with van der Waals surface area (Å²) in [5.41, 5.74) is 0.425. The number of nitrogens with zero attached hydrogens (tertiary/aromatic N) is 3. The zero-order chi connectivity index (χ0) is 13.9. The molecule has 0 radical (unpaired) electrons. The summed E-state index contributed by atoms with van der Waals surface area (Å²) in [6, 6.07) is 5.75. The maximum atomic E-state index is 11.8. The summed E-state index contributed by atoms with van der Waals surface area (Å²) >= 11 is 5.22. The highest BCUT2D eigenvalue weighted by molar-refractivity contribution is 7.71. The van der Waals surface area contributed by atoms with Gasteiger partial charge in [0.15, 0.2) is 4.77 Å². The molecule has 1 fully saturated rings. The van der Waals surface area contributed by atoms with E-state index in [-0.39, 0.29) is 5.91 Å². The molecule has 0 unspecified atom stereocenters. The molecule has 20 heavy (non-hydrogen) atoms. The quantitative estimate of drug-likeness (QED) is 0.821. The molecule has 0 aromatic carbocycles. The van der Waals surface area contributed by atoms with Crippen molar-refractivity contribution >= 4 is 18.1 Å². The fraction of sp³-hybridized carbons (Fsp3) is 0.385. The van der Waals surface area contributed by atoms with Crippen LogP contribution in [0.5, 0.6) is 0 Å². The first-order valence-corrected chi connectivity index (χ1v) is 7.01. The van der Waals surface area contributed by atoms with E-state index in [1.807, 2.05) is 0 Å². The zero-order valence-corrected chi connectivity index (χ0v) is 11.7. The molecule has 1 aliphatic rings. The third-order valence-electron chi connectivity index (χ3n) is 3.22. The molecule has 6 nitrogen and oxygen atoms in total. The van der Waals surface area contributed by atoms with Gasteiger partial charge in [-0.3, -0.25) is 14.9 Å². The summed E-state index contributed by atoms with van der Waals surface area (Å²) < 4.78 is 2.72. The van der Waals surface area contributed by atoms with Gasteiger partial charge in [0.1, 0.15) is 11.5 Å². The van der Waals surface area contributed by atoms with Crippen LogP contribution in [0.2, 0.25) is 0 Å². The molecule has 2 heterocycles. The van der Waals surface area contributed by atoms with Gasteiger partial charge in [-0.1, -0.05) is 6.07 Å². The number of carbonyl (C=O) groups excluding carboxylic acids is 1. The number of nitrogens with one attached hydrogen (secondary N) is 2. The van der Waals surface area contributed by atoms with E-state index < -0.39 is 0 Å². The van der Waals surface area contributed by atoms with Crippen molar-refractivity contribution in [3.8, 4) is 0 Å². The Kier molecular flexibility index (Phi) is 3.60. The molecule has 3 rings (SSSR count). The maximum Gasteiger partial charge on any atom is 0.269 e. The summed E-state index contributed by atoms with van der Waals surface area (Å²) in [5.74, 6) is 0.733. The predicted octanol–water partition coefficient (Wildman–Crippen LogP) is 1.64. The van der Waals surface area contributed by atoms with Gasteiger partial charge in [0.2, 0.25) is 0 Å². The Balaban J connectivity index is 1.58. The number of amides is 1. The largest absolute Gasteiger partial charge is 0.350 e. The SMILES string of the molecule is O=C(NCCc1n[nH]c(=S)n1C1CC1)c1ccccn1. The Morgan fingerprint density at radius 3 is 3.05 bits per heavy atom.